The van der Waals surface area contributed by atoms with E-state index in [4.69, 9.17) is 10.2 Å². The Morgan fingerprint density at radius 1 is 0.709 bits per heavy atom. The second-order valence-electron chi connectivity index (χ2n) is 13.6. The van der Waals surface area contributed by atoms with Gasteiger partial charge in [-0.3, -0.25) is 19.9 Å². The lowest BCUT2D eigenvalue weighted by Crippen LogP contribution is -2.39. The van der Waals surface area contributed by atoms with Crippen LogP contribution in [-0.4, -0.2) is 43.3 Å². The van der Waals surface area contributed by atoms with Gasteiger partial charge in [-0.1, -0.05) is 145 Å². The molecular formula is C42H38N8O2S3. The van der Waals surface area contributed by atoms with Gasteiger partial charge in [-0.15, -0.1) is 21.5 Å². The summed E-state index contributed by atoms with van der Waals surface area (Å²) >= 11 is 4.54. The van der Waals surface area contributed by atoms with Crippen LogP contribution < -0.4 is 21.0 Å². The van der Waals surface area contributed by atoms with Crippen LogP contribution in [0.4, 0.5) is 5.95 Å². The van der Waals surface area contributed by atoms with Gasteiger partial charge in [0.25, 0.3) is 0 Å². The topological polar surface area (TPSA) is 117 Å². The van der Waals surface area contributed by atoms with E-state index in [1.165, 1.54) is 39.5 Å². The number of carbonyl (C=O) groups excluding carboxylic acids is 2. The highest BCUT2D eigenvalue weighted by Gasteiger charge is 2.44. The number of hydrogen-bond acceptors (Lipinski definition) is 10. The number of amidine groups is 1. The molecule has 3 N–H and O–H groups in total. The largest absolute Gasteiger partial charge is 0.344 e. The van der Waals surface area contributed by atoms with E-state index in [0.29, 0.717) is 16.3 Å². The molecule has 0 saturated heterocycles. The van der Waals surface area contributed by atoms with Gasteiger partial charge in [0.05, 0.1) is 23.6 Å². The van der Waals surface area contributed by atoms with Crippen molar-refractivity contribution in [2.24, 2.45) is 5.10 Å². The Hall–Kier alpha value is -5.37. The van der Waals surface area contributed by atoms with Crippen molar-refractivity contribution in [2.75, 3.05) is 16.4 Å². The van der Waals surface area contributed by atoms with Crippen molar-refractivity contribution >= 4 is 57.8 Å². The molecule has 4 aromatic carbocycles. The second-order valence-corrected chi connectivity index (χ2v) is 16.5. The first kappa shape index (κ1) is 35.3. The van der Waals surface area contributed by atoms with Crippen LogP contribution in [0.25, 0.3) is 5.00 Å². The smallest absolute Gasteiger partial charge is 0.241 e. The van der Waals surface area contributed by atoms with Crippen LogP contribution in [0.2, 0.25) is 0 Å². The third-order valence-corrected chi connectivity index (χ3v) is 13.2. The molecule has 10 nitrogen and oxygen atoms in total. The molecule has 1 unspecified atom stereocenters. The van der Waals surface area contributed by atoms with Gasteiger partial charge in [-0.2, -0.15) is 5.10 Å². The molecule has 3 aliphatic rings. The summed E-state index contributed by atoms with van der Waals surface area (Å²) in [6, 6.07) is 39.5. The summed E-state index contributed by atoms with van der Waals surface area (Å²) in [5.74, 6) is 0.737. The monoisotopic (exact) mass is 782 g/mol. The summed E-state index contributed by atoms with van der Waals surface area (Å²) < 4.78 is 2.09. The highest BCUT2D eigenvalue weighted by molar-refractivity contribution is 8.14. The average molecular weight is 783 g/mol. The lowest BCUT2D eigenvalue weighted by atomic mass is 9.94. The van der Waals surface area contributed by atoms with Gasteiger partial charge < -0.3 is 10.6 Å². The van der Waals surface area contributed by atoms with Crippen LogP contribution in [0.3, 0.4) is 0 Å². The molecule has 4 heterocycles. The summed E-state index contributed by atoms with van der Waals surface area (Å²) in [6.07, 6.45) is 4.08. The first-order valence-electron chi connectivity index (χ1n) is 18.4. The Morgan fingerprint density at radius 2 is 1.22 bits per heavy atom. The van der Waals surface area contributed by atoms with Gasteiger partial charge in [0, 0.05) is 10.4 Å². The molecule has 2 aromatic heterocycles. The number of aromatic nitrogens is 3. The highest BCUT2D eigenvalue weighted by atomic mass is 32.2. The number of thioether (sulfide) groups is 2. The fourth-order valence-electron chi connectivity index (χ4n) is 7.51. The number of hydrazone groups is 1. The van der Waals surface area contributed by atoms with Crippen LogP contribution >= 0.6 is 34.9 Å². The fourth-order valence-corrected chi connectivity index (χ4v) is 10.5. The number of thiophene rings is 1. The van der Waals surface area contributed by atoms with Gasteiger partial charge in [-0.25, -0.2) is 4.57 Å². The van der Waals surface area contributed by atoms with Crippen molar-refractivity contribution in [1.29, 1.82) is 0 Å². The Morgan fingerprint density at radius 3 is 1.76 bits per heavy atom. The van der Waals surface area contributed by atoms with Crippen LogP contribution in [-0.2, 0) is 22.4 Å². The minimum absolute atomic E-state index is 0.101. The summed E-state index contributed by atoms with van der Waals surface area (Å²) in [5.41, 5.74) is 9.99. The van der Waals surface area contributed by atoms with E-state index < -0.39 is 0 Å². The standard InChI is InChI=1S/C42H38N8O2S3/c51-33(43-36(27-15-5-1-6-16-27)28-17-7-2-8-18-28)25-53-41-47-45-38-35-31-23-13-14-24-32(31)55-39(35)50-40(49(38)41)46-48-42(50)54-26-34(52)44-37(29-19-9-3-10-20-29)30-21-11-4-12-22-30/h1-12,15-22,36-38,45H,13-14,23-26H2,(H,43,51)(H,44,52). The molecule has 13 heteroatoms. The van der Waals surface area contributed by atoms with E-state index in [-0.39, 0.29) is 41.6 Å². The molecule has 6 aromatic rings. The number of hydrogen-bond donors (Lipinski definition) is 3. The minimum Gasteiger partial charge on any atom is -0.344 e. The van der Waals surface area contributed by atoms with Crippen molar-refractivity contribution in [3.05, 3.63) is 160 Å². The zero-order valence-corrected chi connectivity index (χ0v) is 32.2. The first-order chi connectivity index (χ1) is 27.1. The predicted octanol–water partition coefficient (Wildman–Crippen LogP) is 7.54. The van der Waals surface area contributed by atoms with Crippen molar-refractivity contribution in [1.82, 2.24) is 30.8 Å². The number of fused-ring (bicyclic) bond motifs is 8. The van der Waals surface area contributed by atoms with Gasteiger partial charge in [0.15, 0.2) is 16.5 Å². The molecule has 2 amide bonds. The lowest BCUT2D eigenvalue weighted by Gasteiger charge is -2.32. The molecular weight excluding hydrogens is 745 g/mol. The van der Waals surface area contributed by atoms with Crippen molar-refractivity contribution < 1.29 is 9.59 Å². The van der Waals surface area contributed by atoms with Crippen molar-refractivity contribution in [2.45, 2.75) is 49.1 Å². The number of anilines is 1. The Kier molecular flexibility index (Phi) is 10.1. The zero-order valence-electron chi connectivity index (χ0n) is 29.8. The number of aryl methyl sites for hydroxylation is 1. The van der Waals surface area contributed by atoms with Crippen LogP contribution in [0.15, 0.2) is 132 Å². The molecule has 276 valence electrons. The number of rotatable bonds is 11. The molecule has 0 radical (unpaired) electrons. The van der Waals surface area contributed by atoms with Crippen LogP contribution in [0, 0.1) is 0 Å². The predicted molar refractivity (Wildman–Crippen MR) is 221 cm³/mol. The normalized spacial score (nSPS) is 15.4. The lowest BCUT2D eigenvalue weighted by molar-refractivity contribution is -0.119. The summed E-state index contributed by atoms with van der Waals surface area (Å²) in [4.78, 5) is 30.7. The van der Waals surface area contributed by atoms with Gasteiger partial charge >= 0.3 is 0 Å². The number of carbonyl (C=O) groups is 2. The molecule has 1 aliphatic carbocycles. The molecule has 2 aliphatic heterocycles. The first-order valence-corrected chi connectivity index (χ1v) is 21.2. The zero-order chi connectivity index (χ0) is 37.1. The average Bonchev–Trinajstić information content (AvgIpc) is 3.97. The Labute approximate surface area is 331 Å². The maximum absolute atomic E-state index is 13.6. The number of benzene rings is 4. The van der Waals surface area contributed by atoms with Crippen molar-refractivity contribution in [3.8, 4) is 5.00 Å². The molecule has 9 rings (SSSR count). The summed E-state index contributed by atoms with van der Waals surface area (Å²) in [7, 11) is 0. The number of nitrogens with zero attached hydrogens (tertiary/aromatic N) is 5. The van der Waals surface area contributed by atoms with Crippen LogP contribution in [0.5, 0.6) is 0 Å². The molecule has 1 atom stereocenters. The quantitative estimate of drug-likeness (QED) is 0.116. The maximum atomic E-state index is 13.6. The molecule has 55 heavy (non-hydrogen) atoms. The van der Waals surface area contributed by atoms with E-state index in [0.717, 1.165) is 52.9 Å². The van der Waals surface area contributed by atoms with E-state index in [1.807, 2.05) is 121 Å². The Balaban J connectivity index is 0.952. The van der Waals surface area contributed by atoms with Crippen molar-refractivity contribution in [3.63, 3.8) is 0 Å². The molecule has 0 fully saturated rings. The minimum atomic E-state index is -0.280. The van der Waals surface area contributed by atoms with E-state index >= 15 is 0 Å². The molecule has 0 spiro atoms. The fraction of sp³-hybridized carbons (Fsp3) is 0.214. The van der Waals surface area contributed by atoms with Gasteiger partial charge in [0.1, 0.15) is 5.00 Å². The third-order valence-electron chi connectivity index (χ3n) is 10.1. The third kappa shape index (κ3) is 7.15. The van der Waals surface area contributed by atoms with E-state index in [9.17, 15) is 9.59 Å². The maximum Gasteiger partial charge on any atom is 0.241 e. The summed E-state index contributed by atoms with van der Waals surface area (Å²) in [6.45, 7) is 0. The highest BCUT2D eigenvalue weighted by Crippen LogP contribution is 2.49. The molecule has 0 bridgehead atoms. The van der Waals surface area contributed by atoms with E-state index in [2.05, 4.69) is 30.6 Å². The van der Waals surface area contributed by atoms with Crippen LogP contribution in [0.1, 0.15) is 69.3 Å². The second kappa shape index (κ2) is 15.8. The number of nitrogens with one attached hydrogen (secondary N) is 3. The van der Waals surface area contributed by atoms with Gasteiger partial charge in [0.2, 0.25) is 17.8 Å². The molecule has 0 saturated carbocycles. The summed E-state index contributed by atoms with van der Waals surface area (Å²) in [5, 5.41) is 23.0. The Bertz CT molecular complexity index is 2260. The SMILES string of the molecule is O=C(CSC1=NNC2c3c(sc4c3CCCC4)-n3c(SCC(=O)NC(c4ccccc4)c4ccccc4)nnc3N12)NC(c1ccccc1)c1ccccc1. The number of amides is 2. The van der Waals surface area contributed by atoms with Gasteiger partial charge in [-0.05, 0) is 53.5 Å². The van der Waals surface area contributed by atoms with E-state index in [1.54, 1.807) is 11.3 Å².